The van der Waals surface area contributed by atoms with E-state index in [0.29, 0.717) is 0 Å². The molecular formula is C15H11F3O2. The predicted molar refractivity (Wildman–Crippen MR) is 67.6 cm³/mol. The van der Waals surface area contributed by atoms with E-state index in [-0.39, 0.29) is 12.4 Å². The van der Waals surface area contributed by atoms with E-state index in [1.54, 1.807) is 24.3 Å². The maximum absolute atomic E-state index is 12.5. The minimum atomic E-state index is -4.91. The molecule has 0 aliphatic carbocycles. The number of halogens is 3. The second-order valence-corrected chi connectivity index (χ2v) is 4.10. The van der Waals surface area contributed by atoms with Crippen LogP contribution in [0.2, 0.25) is 0 Å². The number of carbonyl (C=O) groups excluding carboxylic acids is 1. The summed E-state index contributed by atoms with van der Waals surface area (Å²) >= 11 is 0. The van der Waals surface area contributed by atoms with Crippen molar-refractivity contribution in [2.45, 2.75) is 12.8 Å². The Bertz CT molecular complexity index is 592. The lowest BCUT2D eigenvalue weighted by atomic mass is 10.1. The van der Waals surface area contributed by atoms with Gasteiger partial charge in [-0.25, -0.2) is 0 Å². The molecule has 20 heavy (non-hydrogen) atoms. The van der Waals surface area contributed by atoms with Gasteiger partial charge in [0.25, 0.3) is 5.78 Å². The molecule has 0 bridgehead atoms. The Morgan fingerprint density at radius 2 is 1.55 bits per heavy atom. The van der Waals surface area contributed by atoms with E-state index < -0.39 is 17.5 Å². The molecule has 0 atom stereocenters. The minimum absolute atomic E-state index is 0.0707. The number of ketones is 1. The van der Waals surface area contributed by atoms with Gasteiger partial charge in [0.1, 0.15) is 12.4 Å². The summed E-state index contributed by atoms with van der Waals surface area (Å²) in [5.41, 5.74) is 0.331. The zero-order chi connectivity index (χ0) is 14.6. The highest BCUT2D eigenvalue weighted by molar-refractivity contribution is 6.02. The fourth-order valence-corrected chi connectivity index (χ4v) is 1.67. The summed E-state index contributed by atoms with van der Waals surface area (Å²) in [5.74, 6) is -1.97. The van der Waals surface area contributed by atoms with Crippen molar-refractivity contribution >= 4 is 5.78 Å². The highest BCUT2D eigenvalue weighted by Gasteiger charge is 2.40. The lowest BCUT2D eigenvalue weighted by Gasteiger charge is -2.12. The lowest BCUT2D eigenvalue weighted by molar-refractivity contribution is -0.0886. The van der Waals surface area contributed by atoms with Gasteiger partial charge in [-0.15, -0.1) is 0 Å². The third-order valence-corrected chi connectivity index (χ3v) is 2.63. The predicted octanol–water partition coefficient (Wildman–Crippen LogP) is 4.01. The second-order valence-electron chi connectivity index (χ2n) is 4.10. The van der Waals surface area contributed by atoms with Crippen molar-refractivity contribution in [1.29, 1.82) is 0 Å². The number of ether oxygens (including phenoxy) is 1. The van der Waals surface area contributed by atoms with Crippen LogP contribution in [0, 0.1) is 0 Å². The normalized spacial score (nSPS) is 11.2. The van der Waals surface area contributed by atoms with Crippen molar-refractivity contribution in [1.82, 2.24) is 0 Å². The average Bonchev–Trinajstić information content (AvgIpc) is 2.45. The Morgan fingerprint density at radius 3 is 2.20 bits per heavy atom. The molecule has 0 spiro atoms. The van der Waals surface area contributed by atoms with Crippen molar-refractivity contribution in [3.05, 3.63) is 65.7 Å². The number of para-hydroxylation sites is 1. The molecule has 5 heteroatoms. The SMILES string of the molecule is O=C(c1ccccc1OCc1ccccc1)C(F)(F)F. The molecule has 2 aromatic rings. The Hall–Kier alpha value is -2.30. The molecule has 2 nitrogen and oxygen atoms in total. The Labute approximate surface area is 113 Å². The second kappa shape index (κ2) is 5.77. The van der Waals surface area contributed by atoms with Crippen LogP contribution in [0.3, 0.4) is 0 Å². The van der Waals surface area contributed by atoms with Gasteiger partial charge in [0, 0.05) is 0 Å². The van der Waals surface area contributed by atoms with Gasteiger partial charge in [0.2, 0.25) is 0 Å². The Kier molecular flexibility index (Phi) is 4.08. The van der Waals surface area contributed by atoms with Gasteiger partial charge in [0.15, 0.2) is 0 Å². The molecule has 0 N–H and O–H groups in total. The first-order valence-electron chi connectivity index (χ1n) is 5.86. The summed E-state index contributed by atoms with van der Waals surface area (Å²) < 4.78 is 42.7. The maximum atomic E-state index is 12.5. The minimum Gasteiger partial charge on any atom is -0.488 e. The van der Waals surface area contributed by atoms with Crippen molar-refractivity contribution in [3.8, 4) is 5.75 Å². The first-order chi connectivity index (χ1) is 9.48. The van der Waals surface area contributed by atoms with E-state index in [4.69, 9.17) is 4.74 Å². The lowest BCUT2D eigenvalue weighted by Crippen LogP contribution is -2.23. The average molecular weight is 280 g/mol. The van der Waals surface area contributed by atoms with Crippen LogP contribution in [0.15, 0.2) is 54.6 Å². The molecule has 0 saturated heterocycles. The largest absolute Gasteiger partial charge is 0.488 e. The molecule has 0 radical (unpaired) electrons. The molecule has 0 fully saturated rings. The highest BCUT2D eigenvalue weighted by Crippen LogP contribution is 2.28. The summed E-state index contributed by atoms with van der Waals surface area (Å²) in [7, 11) is 0. The fraction of sp³-hybridized carbons (Fsp3) is 0.133. The van der Waals surface area contributed by atoms with Crippen molar-refractivity contribution in [2.75, 3.05) is 0 Å². The van der Waals surface area contributed by atoms with E-state index in [1.807, 2.05) is 6.07 Å². The molecule has 0 aromatic heterocycles. The van der Waals surface area contributed by atoms with E-state index in [0.717, 1.165) is 11.6 Å². The number of carbonyl (C=O) groups is 1. The van der Waals surface area contributed by atoms with Gasteiger partial charge in [-0.05, 0) is 17.7 Å². The number of benzene rings is 2. The van der Waals surface area contributed by atoms with Crippen LogP contribution in [0.25, 0.3) is 0 Å². The van der Waals surface area contributed by atoms with E-state index >= 15 is 0 Å². The topological polar surface area (TPSA) is 26.3 Å². The van der Waals surface area contributed by atoms with E-state index in [2.05, 4.69) is 0 Å². The van der Waals surface area contributed by atoms with Crippen molar-refractivity contribution < 1.29 is 22.7 Å². The third-order valence-electron chi connectivity index (χ3n) is 2.63. The van der Waals surface area contributed by atoms with Gasteiger partial charge in [-0.1, -0.05) is 42.5 Å². The first kappa shape index (κ1) is 14.1. The Morgan fingerprint density at radius 1 is 0.950 bits per heavy atom. The van der Waals surface area contributed by atoms with Crippen LogP contribution in [0.4, 0.5) is 13.2 Å². The number of alkyl halides is 3. The number of Topliss-reactive ketones (excluding diaryl/α,β-unsaturated/α-hetero) is 1. The number of hydrogen-bond acceptors (Lipinski definition) is 2. The zero-order valence-electron chi connectivity index (χ0n) is 10.4. The molecule has 0 heterocycles. The molecule has 0 aliphatic rings. The van der Waals surface area contributed by atoms with Crippen LogP contribution in [0.5, 0.6) is 5.75 Å². The molecule has 0 aliphatic heterocycles. The molecule has 2 rings (SSSR count). The summed E-state index contributed by atoms with van der Waals surface area (Å²) in [6.45, 7) is 0.100. The molecule has 104 valence electrons. The van der Waals surface area contributed by atoms with Crippen molar-refractivity contribution in [2.24, 2.45) is 0 Å². The summed E-state index contributed by atoms with van der Waals surface area (Å²) in [5, 5.41) is 0. The number of rotatable bonds is 4. The van der Waals surface area contributed by atoms with Gasteiger partial charge in [-0.3, -0.25) is 4.79 Å². The highest BCUT2D eigenvalue weighted by atomic mass is 19.4. The first-order valence-corrected chi connectivity index (χ1v) is 5.86. The molecule has 0 saturated carbocycles. The zero-order valence-corrected chi connectivity index (χ0v) is 10.4. The fourth-order valence-electron chi connectivity index (χ4n) is 1.67. The van der Waals surface area contributed by atoms with Gasteiger partial charge in [0.05, 0.1) is 5.56 Å². The molecule has 2 aromatic carbocycles. The summed E-state index contributed by atoms with van der Waals surface area (Å²) in [6, 6.07) is 14.3. The molecular weight excluding hydrogens is 269 g/mol. The van der Waals surface area contributed by atoms with E-state index in [1.165, 1.54) is 18.2 Å². The van der Waals surface area contributed by atoms with Crippen LogP contribution in [0.1, 0.15) is 15.9 Å². The van der Waals surface area contributed by atoms with Crippen LogP contribution in [-0.4, -0.2) is 12.0 Å². The summed E-state index contributed by atoms with van der Waals surface area (Å²) in [4.78, 5) is 11.3. The maximum Gasteiger partial charge on any atom is 0.455 e. The van der Waals surface area contributed by atoms with Gasteiger partial charge in [-0.2, -0.15) is 13.2 Å². The quantitative estimate of drug-likeness (QED) is 0.791. The van der Waals surface area contributed by atoms with Crippen molar-refractivity contribution in [3.63, 3.8) is 0 Å². The molecule has 0 amide bonds. The van der Waals surface area contributed by atoms with Gasteiger partial charge < -0.3 is 4.74 Å². The van der Waals surface area contributed by atoms with Crippen LogP contribution >= 0.6 is 0 Å². The molecule has 0 unspecified atom stereocenters. The standard InChI is InChI=1S/C15H11F3O2/c16-15(17,18)14(19)12-8-4-5-9-13(12)20-10-11-6-2-1-3-7-11/h1-9H,10H2. The summed E-state index contributed by atoms with van der Waals surface area (Å²) in [6.07, 6.45) is -4.91. The van der Waals surface area contributed by atoms with Crippen LogP contribution in [-0.2, 0) is 6.61 Å². The smallest absolute Gasteiger partial charge is 0.455 e. The van der Waals surface area contributed by atoms with Crippen LogP contribution < -0.4 is 4.74 Å². The Balaban J connectivity index is 2.19. The number of hydrogen-bond donors (Lipinski definition) is 0. The van der Waals surface area contributed by atoms with E-state index in [9.17, 15) is 18.0 Å². The van der Waals surface area contributed by atoms with Gasteiger partial charge >= 0.3 is 6.18 Å². The third kappa shape index (κ3) is 3.38. The monoisotopic (exact) mass is 280 g/mol.